The van der Waals surface area contributed by atoms with Crippen LogP contribution in [0.3, 0.4) is 0 Å². The fraction of sp³-hybridized carbons (Fsp3) is 0.250. The standard InChI is InChI=1S/C24H23N3O3/c1-15-11-16(2)18-14-20(25-19(18)12-15)23(28)26-7-9-27(10-8-26)24(29)22-13-17-5-3-4-6-21(17)30-22/h3-6,11-14,25H,7-10H2,1-2H3. The molecule has 5 rings (SSSR count). The average molecular weight is 401 g/mol. The van der Waals surface area contributed by atoms with Crippen molar-refractivity contribution in [3.8, 4) is 0 Å². The van der Waals surface area contributed by atoms with Gasteiger partial charge in [0.05, 0.1) is 0 Å². The molecule has 4 aromatic rings. The first-order valence-corrected chi connectivity index (χ1v) is 10.2. The molecule has 0 radical (unpaired) electrons. The second kappa shape index (κ2) is 7.06. The first-order chi connectivity index (χ1) is 14.5. The lowest BCUT2D eigenvalue weighted by molar-refractivity contribution is 0.0517. The number of para-hydroxylation sites is 1. The summed E-state index contributed by atoms with van der Waals surface area (Å²) < 4.78 is 5.70. The normalized spacial score (nSPS) is 14.6. The van der Waals surface area contributed by atoms with E-state index in [1.54, 1.807) is 15.9 Å². The smallest absolute Gasteiger partial charge is 0.289 e. The van der Waals surface area contributed by atoms with Crippen molar-refractivity contribution in [1.29, 1.82) is 0 Å². The predicted octanol–water partition coefficient (Wildman–Crippen LogP) is 4.13. The highest BCUT2D eigenvalue weighted by Gasteiger charge is 2.28. The molecule has 0 bridgehead atoms. The molecule has 0 unspecified atom stereocenters. The molecule has 1 fully saturated rings. The molecule has 0 saturated carbocycles. The minimum absolute atomic E-state index is 0.0286. The summed E-state index contributed by atoms with van der Waals surface area (Å²) >= 11 is 0. The number of aromatic nitrogens is 1. The molecule has 0 atom stereocenters. The van der Waals surface area contributed by atoms with Crippen LogP contribution in [0.4, 0.5) is 0 Å². The van der Waals surface area contributed by atoms with Crippen molar-refractivity contribution in [1.82, 2.24) is 14.8 Å². The number of aryl methyl sites for hydroxylation is 2. The third-order valence-corrected chi connectivity index (χ3v) is 5.81. The lowest BCUT2D eigenvalue weighted by Gasteiger charge is -2.34. The Labute approximate surface area is 174 Å². The fourth-order valence-corrected chi connectivity index (χ4v) is 4.24. The predicted molar refractivity (Wildman–Crippen MR) is 116 cm³/mol. The van der Waals surface area contributed by atoms with Gasteiger partial charge in [0.2, 0.25) is 0 Å². The van der Waals surface area contributed by atoms with E-state index in [1.165, 1.54) is 5.56 Å². The van der Waals surface area contributed by atoms with E-state index in [2.05, 4.69) is 24.0 Å². The quantitative estimate of drug-likeness (QED) is 0.549. The maximum absolute atomic E-state index is 13.0. The molecule has 1 saturated heterocycles. The van der Waals surface area contributed by atoms with Gasteiger partial charge in [0.15, 0.2) is 5.76 Å². The number of hydrogen-bond acceptors (Lipinski definition) is 3. The number of benzene rings is 2. The SMILES string of the molecule is Cc1cc(C)c2cc(C(=O)N3CCN(C(=O)c4cc5ccccc5o4)CC3)[nH]c2c1. The van der Waals surface area contributed by atoms with E-state index in [0.29, 0.717) is 43.2 Å². The summed E-state index contributed by atoms with van der Waals surface area (Å²) in [6, 6.07) is 15.5. The van der Waals surface area contributed by atoms with Crippen molar-refractivity contribution in [2.75, 3.05) is 26.2 Å². The van der Waals surface area contributed by atoms with Gasteiger partial charge in [-0.3, -0.25) is 9.59 Å². The van der Waals surface area contributed by atoms with E-state index < -0.39 is 0 Å². The Morgan fingerprint density at radius 2 is 1.60 bits per heavy atom. The number of rotatable bonds is 2. The van der Waals surface area contributed by atoms with Crippen LogP contribution in [0.25, 0.3) is 21.9 Å². The number of amides is 2. The maximum Gasteiger partial charge on any atom is 0.289 e. The monoisotopic (exact) mass is 401 g/mol. The van der Waals surface area contributed by atoms with E-state index in [1.807, 2.05) is 37.3 Å². The van der Waals surface area contributed by atoms with Crippen molar-refractivity contribution >= 4 is 33.7 Å². The van der Waals surface area contributed by atoms with Gasteiger partial charge in [-0.1, -0.05) is 24.3 Å². The number of furan rings is 1. The van der Waals surface area contributed by atoms with E-state index in [9.17, 15) is 9.59 Å². The Kier molecular flexibility index (Phi) is 4.35. The van der Waals surface area contributed by atoms with Crippen LogP contribution in [0.2, 0.25) is 0 Å². The number of aromatic amines is 1. The molecular formula is C24H23N3O3. The summed E-state index contributed by atoms with van der Waals surface area (Å²) in [5.41, 5.74) is 4.60. The lowest BCUT2D eigenvalue weighted by Crippen LogP contribution is -2.50. The Bertz CT molecular complexity index is 1240. The van der Waals surface area contributed by atoms with Gasteiger partial charge in [0.25, 0.3) is 11.8 Å². The van der Waals surface area contributed by atoms with Gasteiger partial charge in [-0.25, -0.2) is 0 Å². The van der Waals surface area contributed by atoms with E-state index in [-0.39, 0.29) is 11.8 Å². The van der Waals surface area contributed by atoms with Crippen LogP contribution in [0.15, 0.2) is 52.9 Å². The largest absolute Gasteiger partial charge is 0.451 e. The third kappa shape index (κ3) is 3.14. The summed E-state index contributed by atoms with van der Waals surface area (Å²) in [4.78, 5) is 32.6. The van der Waals surface area contributed by atoms with Gasteiger partial charge in [0.1, 0.15) is 11.3 Å². The van der Waals surface area contributed by atoms with Crippen molar-refractivity contribution in [3.63, 3.8) is 0 Å². The van der Waals surface area contributed by atoms with Crippen LogP contribution in [-0.4, -0.2) is 52.8 Å². The fourth-order valence-electron chi connectivity index (χ4n) is 4.24. The number of nitrogens with zero attached hydrogens (tertiary/aromatic N) is 2. The molecule has 0 aliphatic carbocycles. The molecule has 2 aromatic heterocycles. The van der Waals surface area contributed by atoms with Crippen LogP contribution in [0, 0.1) is 13.8 Å². The molecule has 30 heavy (non-hydrogen) atoms. The number of nitrogens with one attached hydrogen (secondary N) is 1. The van der Waals surface area contributed by atoms with Crippen molar-refractivity contribution in [2.24, 2.45) is 0 Å². The molecule has 2 aromatic carbocycles. The van der Waals surface area contributed by atoms with Gasteiger partial charge in [0, 0.05) is 42.5 Å². The first kappa shape index (κ1) is 18.5. The highest BCUT2D eigenvalue weighted by Crippen LogP contribution is 2.23. The Morgan fingerprint density at radius 1 is 0.900 bits per heavy atom. The lowest BCUT2D eigenvalue weighted by atomic mass is 10.1. The Morgan fingerprint density at radius 3 is 2.33 bits per heavy atom. The van der Waals surface area contributed by atoms with Gasteiger partial charge in [-0.2, -0.15) is 0 Å². The zero-order valence-corrected chi connectivity index (χ0v) is 17.1. The number of piperazine rings is 1. The van der Waals surface area contributed by atoms with Gasteiger partial charge >= 0.3 is 0 Å². The zero-order chi connectivity index (χ0) is 20.8. The molecule has 2 amide bonds. The molecule has 152 valence electrons. The molecule has 6 heteroatoms. The summed E-state index contributed by atoms with van der Waals surface area (Å²) in [6.45, 7) is 6.07. The Balaban J connectivity index is 1.29. The van der Waals surface area contributed by atoms with Crippen LogP contribution in [0.5, 0.6) is 0 Å². The Hall–Kier alpha value is -3.54. The van der Waals surface area contributed by atoms with Gasteiger partial charge < -0.3 is 19.2 Å². The topological polar surface area (TPSA) is 69.6 Å². The molecule has 6 nitrogen and oxygen atoms in total. The highest BCUT2D eigenvalue weighted by atomic mass is 16.3. The van der Waals surface area contributed by atoms with Crippen molar-refractivity contribution in [2.45, 2.75) is 13.8 Å². The number of hydrogen-bond donors (Lipinski definition) is 1. The minimum Gasteiger partial charge on any atom is -0.451 e. The number of fused-ring (bicyclic) bond motifs is 2. The molecule has 1 aliphatic heterocycles. The molecule has 3 heterocycles. The number of H-pyrrole nitrogens is 1. The van der Waals surface area contributed by atoms with Gasteiger partial charge in [-0.05, 0) is 49.2 Å². The molecule has 1 N–H and O–H groups in total. The third-order valence-electron chi connectivity index (χ3n) is 5.81. The van der Waals surface area contributed by atoms with Gasteiger partial charge in [-0.15, -0.1) is 0 Å². The molecule has 1 aliphatic rings. The van der Waals surface area contributed by atoms with Crippen LogP contribution in [-0.2, 0) is 0 Å². The summed E-state index contributed by atoms with van der Waals surface area (Å²) in [5, 5.41) is 1.99. The second-order valence-corrected chi connectivity index (χ2v) is 7.96. The highest BCUT2D eigenvalue weighted by molar-refractivity contribution is 5.99. The maximum atomic E-state index is 13.0. The number of carbonyl (C=O) groups is 2. The molecule has 0 spiro atoms. The van der Waals surface area contributed by atoms with Crippen LogP contribution < -0.4 is 0 Å². The van der Waals surface area contributed by atoms with E-state index >= 15 is 0 Å². The zero-order valence-electron chi connectivity index (χ0n) is 17.1. The summed E-state index contributed by atoms with van der Waals surface area (Å²) in [5.74, 6) is 0.187. The summed E-state index contributed by atoms with van der Waals surface area (Å²) in [7, 11) is 0. The van der Waals surface area contributed by atoms with Crippen LogP contribution >= 0.6 is 0 Å². The summed E-state index contributed by atoms with van der Waals surface area (Å²) in [6.07, 6.45) is 0. The minimum atomic E-state index is -0.130. The van der Waals surface area contributed by atoms with E-state index in [4.69, 9.17) is 4.42 Å². The van der Waals surface area contributed by atoms with Crippen molar-refractivity contribution in [3.05, 3.63) is 71.1 Å². The van der Waals surface area contributed by atoms with Crippen molar-refractivity contribution < 1.29 is 14.0 Å². The first-order valence-electron chi connectivity index (χ1n) is 10.2. The average Bonchev–Trinajstić information content (AvgIpc) is 3.37. The number of carbonyl (C=O) groups excluding carboxylic acids is 2. The van der Waals surface area contributed by atoms with Crippen LogP contribution in [0.1, 0.15) is 32.2 Å². The second-order valence-electron chi connectivity index (χ2n) is 7.96. The molecular weight excluding hydrogens is 378 g/mol. The van der Waals surface area contributed by atoms with E-state index in [0.717, 1.165) is 21.9 Å².